The van der Waals surface area contributed by atoms with Gasteiger partial charge in [0.05, 0.1) is 13.2 Å². The van der Waals surface area contributed by atoms with Crippen molar-refractivity contribution < 1.29 is 14.3 Å². The summed E-state index contributed by atoms with van der Waals surface area (Å²) in [7, 11) is 1.82. The van der Waals surface area contributed by atoms with E-state index in [9.17, 15) is 4.79 Å². The fraction of sp³-hybridized carbons (Fsp3) is 0.458. The van der Waals surface area contributed by atoms with Gasteiger partial charge in [0, 0.05) is 32.4 Å². The van der Waals surface area contributed by atoms with E-state index >= 15 is 0 Å². The van der Waals surface area contributed by atoms with Gasteiger partial charge in [-0.1, -0.05) is 51.1 Å². The van der Waals surface area contributed by atoms with Gasteiger partial charge < -0.3 is 19.3 Å². The maximum absolute atomic E-state index is 12.6. The Labute approximate surface area is 174 Å². The summed E-state index contributed by atoms with van der Waals surface area (Å²) < 4.78 is 11.3. The van der Waals surface area contributed by atoms with Crippen LogP contribution in [0.2, 0.25) is 0 Å². The van der Waals surface area contributed by atoms with E-state index in [0.717, 1.165) is 43.2 Å². The molecule has 2 aromatic carbocycles. The molecule has 1 aliphatic heterocycles. The van der Waals surface area contributed by atoms with Gasteiger partial charge in [-0.25, -0.2) is 0 Å². The predicted molar refractivity (Wildman–Crippen MR) is 117 cm³/mol. The van der Waals surface area contributed by atoms with Gasteiger partial charge in [0.2, 0.25) is 0 Å². The number of nitrogens with zero attached hydrogens (tertiary/aromatic N) is 2. The summed E-state index contributed by atoms with van der Waals surface area (Å²) >= 11 is 0. The molecular formula is C24H32N2O3. The Morgan fingerprint density at radius 2 is 1.72 bits per heavy atom. The van der Waals surface area contributed by atoms with Gasteiger partial charge >= 0.3 is 0 Å². The molecular weight excluding hydrogens is 364 g/mol. The minimum Gasteiger partial charge on any atom is -0.483 e. The largest absolute Gasteiger partial charge is 0.483 e. The van der Waals surface area contributed by atoms with Gasteiger partial charge in [-0.15, -0.1) is 0 Å². The number of carbonyl (C=O) groups excluding carboxylic acids is 1. The van der Waals surface area contributed by atoms with E-state index < -0.39 is 0 Å². The molecule has 1 amide bonds. The van der Waals surface area contributed by atoms with Gasteiger partial charge in [0.25, 0.3) is 5.91 Å². The molecule has 1 aliphatic rings. The number of benzene rings is 2. The maximum Gasteiger partial charge on any atom is 0.260 e. The normalized spacial score (nSPS) is 14.6. The smallest absolute Gasteiger partial charge is 0.260 e. The second-order valence-electron chi connectivity index (χ2n) is 8.55. The van der Waals surface area contributed by atoms with E-state index in [1.54, 1.807) is 4.90 Å². The lowest BCUT2D eigenvalue weighted by atomic mass is 9.86. The summed E-state index contributed by atoms with van der Waals surface area (Å²) in [5, 5.41) is 0. The molecule has 2 aromatic rings. The van der Waals surface area contributed by atoms with Crippen LogP contribution in [0.25, 0.3) is 0 Å². The first-order valence-electron chi connectivity index (χ1n) is 10.2. The van der Waals surface area contributed by atoms with Crippen molar-refractivity contribution in [3.05, 3.63) is 59.7 Å². The van der Waals surface area contributed by atoms with Crippen molar-refractivity contribution in [1.29, 1.82) is 0 Å². The quantitative estimate of drug-likeness (QED) is 0.744. The molecule has 0 atom stereocenters. The van der Waals surface area contributed by atoms with Gasteiger partial charge in [-0.3, -0.25) is 4.79 Å². The number of anilines is 1. The molecule has 0 N–H and O–H groups in total. The van der Waals surface area contributed by atoms with E-state index in [0.29, 0.717) is 6.54 Å². The highest BCUT2D eigenvalue weighted by atomic mass is 16.5. The zero-order valence-corrected chi connectivity index (χ0v) is 18.0. The Kier molecular flexibility index (Phi) is 6.80. The average Bonchev–Trinajstić information content (AvgIpc) is 2.72. The van der Waals surface area contributed by atoms with E-state index in [1.165, 1.54) is 5.69 Å². The van der Waals surface area contributed by atoms with Crippen molar-refractivity contribution in [1.82, 2.24) is 4.90 Å². The third-order valence-electron chi connectivity index (χ3n) is 5.20. The van der Waals surface area contributed by atoms with E-state index in [2.05, 4.69) is 56.0 Å². The lowest BCUT2D eigenvalue weighted by Gasteiger charge is -2.29. The van der Waals surface area contributed by atoms with Crippen molar-refractivity contribution in [2.24, 2.45) is 0 Å². The Hall–Kier alpha value is -2.53. The summed E-state index contributed by atoms with van der Waals surface area (Å²) in [4.78, 5) is 16.6. The molecule has 0 radical (unpaired) electrons. The molecule has 1 heterocycles. The standard InChI is InChI=1S/C24H32N2O3/c1-24(2,3)21-7-5-6-8-22(21)29-18-23(27)25(4)17-19-9-11-20(12-10-19)26-13-15-28-16-14-26/h5-12H,13-18H2,1-4H3. The van der Waals surface area contributed by atoms with Crippen LogP contribution in [0.5, 0.6) is 5.75 Å². The number of morpholine rings is 1. The molecule has 0 bridgehead atoms. The number of likely N-dealkylation sites (N-methyl/N-ethyl adjacent to an activating group) is 1. The summed E-state index contributed by atoms with van der Waals surface area (Å²) in [6.07, 6.45) is 0. The van der Waals surface area contributed by atoms with Crippen LogP contribution in [0.1, 0.15) is 31.9 Å². The van der Waals surface area contributed by atoms with E-state index in [1.807, 2.05) is 25.2 Å². The third-order valence-corrected chi connectivity index (χ3v) is 5.20. The van der Waals surface area contributed by atoms with Crippen LogP contribution in [0.4, 0.5) is 5.69 Å². The van der Waals surface area contributed by atoms with Crippen LogP contribution in [0, 0.1) is 0 Å². The van der Waals surface area contributed by atoms with Crippen molar-refractivity contribution in [3.8, 4) is 5.75 Å². The molecule has 5 heteroatoms. The number of hydrogen-bond acceptors (Lipinski definition) is 4. The zero-order chi connectivity index (χ0) is 20.9. The van der Waals surface area contributed by atoms with Gasteiger partial charge in [0.1, 0.15) is 5.75 Å². The molecule has 5 nitrogen and oxygen atoms in total. The lowest BCUT2D eigenvalue weighted by molar-refractivity contribution is -0.132. The van der Waals surface area contributed by atoms with Crippen LogP contribution in [0.3, 0.4) is 0 Å². The van der Waals surface area contributed by atoms with Gasteiger partial charge in [0.15, 0.2) is 6.61 Å². The van der Waals surface area contributed by atoms with Crippen molar-refractivity contribution >= 4 is 11.6 Å². The molecule has 0 aromatic heterocycles. The van der Waals surface area contributed by atoms with Crippen LogP contribution in [-0.2, 0) is 21.5 Å². The number of carbonyl (C=O) groups is 1. The van der Waals surface area contributed by atoms with E-state index in [-0.39, 0.29) is 17.9 Å². The van der Waals surface area contributed by atoms with Crippen LogP contribution >= 0.6 is 0 Å². The predicted octanol–water partition coefficient (Wildman–Crippen LogP) is 3.86. The Balaban J connectivity index is 1.54. The summed E-state index contributed by atoms with van der Waals surface area (Å²) in [6, 6.07) is 16.3. The highest BCUT2D eigenvalue weighted by Crippen LogP contribution is 2.30. The third kappa shape index (κ3) is 5.73. The molecule has 3 rings (SSSR count). The highest BCUT2D eigenvalue weighted by molar-refractivity contribution is 5.77. The minimum absolute atomic E-state index is 0.0340. The van der Waals surface area contributed by atoms with Gasteiger partial charge in [-0.2, -0.15) is 0 Å². The monoisotopic (exact) mass is 396 g/mol. The van der Waals surface area contributed by atoms with Crippen LogP contribution in [-0.4, -0.2) is 50.8 Å². The van der Waals surface area contributed by atoms with Gasteiger partial charge in [-0.05, 0) is 34.7 Å². The average molecular weight is 397 g/mol. The Morgan fingerprint density at radius 1 is 1.07 bits per heavy atom. The first-order chi connectivity index (χ1) is 13.8. The zero-order valence-electron chi connectivity index (χ0n) is 18.0. The molecule has 0 aliphatic carbocycles. The maximum atomic E-state index is 12.6. The highest BCUT2D eigenvalue weighted by Gasteiger charge is 2.19. The summed E-state index contributed by atoms with van der Waals surface area (Å²) in [6.45, 7) is 10.4. The first-order valence-corrected chi connectivity index (χ1v) is 10.2. The second-order valence-corrected chi connectivity index (χ2v) is 8.55. The topological polar surface area (TPSA) is 42.0 Å². The summed E-state index contributed by atoms with van der Waals surface area (Å²) in [5.41, 5.74) is 3.38. The van der Waals surface area contributed by atoms with Crippen LogP contribution < -0.4 is 9.64 Å². The number of rotatable bonds is 6. The number of para-hydroxylation sites is 1. The van der Waals surface area contributed by atoms with E-state index in [4.69, 9.17) is 9.47 Å². The minimum atomic E-state index is -0.0361. The Bertz CT molecular complexity index is 806. The Morgan fingerprint density at radius 3 is 2.38 bits per heavy atom. The van der Waals surface area contributed by atoms with Crippen molar-refractivity contribution in [3.63, 3.8) is 0 Å². The molecule has 0 spiro atoms. The molecule has 1 fully saturated rings. The first kappa shape index (κ1) is 21.2. The molecule has 0 unspecified atom stereocenters. The van der Waals surface area contributed by atoms with Crippen molar-refractivity contribution in [2.45, 2.75) is 32.7 Å². The fourth-order valence-corrected chi connectivity index (χ4v) is 3.46. The summed E-state index contributed by atoms with van der Waals surface area (Å²) in [5.74, 6) is 0.739. The SMILES string of the molecule is CN(Cc1ccc(N2CCOCC2)cc1)C(=O)COc1ccccc1C(C)(C)C. The fourth-order valence-electron chi connectivity index (χ4n) is 3.46. The van der Waals surface area contributed by atoms with Crippen LogP contribution in [0.15, 0.2) is 48.5 Å². The molecule has 0 saturated carbocycles. The molecule has 156 valence electrons. The lowest BCUT2D eigenvalue weighted by Crippen LogP contribution is -2.36. The second kappa shape index (κ2) is 9.31. The number of hydrogen-bond donors (Lipinski definition) is 0. The van der Waals surface area contributed by atoms with Crippen molar-refractivity contribution in [2.75, 3.05) is 44.9 Å². The molecule has 1 saturated heterocycles. The number of ether oxygens (including phenoxy) is 2. The molecule has 29 heavy (non-hydrogen) atoms. The number of amides is 1.